The van der Waals surface area contributed by atoms with Crippen molar-refractivity contribution in [1.82, 2.24) is 5.32 Å². The molecule has 0 spiro atoms. The maximum atomic E-state index is 12.3. The molecule has 1 aliphatic rings. The minimum Gasteiger partial charge on any atom is -0.497 e. The second-order valence-corrected chi connectivity index (χ2v) is 6.64. The molecule has 1 aromatic heterocycles. The topological polar surface area (TPSA) is 51.5 Å². The standard InChI is InChI=1S/C16H19NO3S/c1-19-13-6-8-16(9-7-13)21(18)11-15-5-4-14(20-15)10-17-12-2-3-12/h4-9,12,17H,2-3,10-11H2,1H3. The van der Waals surface area contributed by atoms with Crippen LogP contribution in [0.4, 0.5) is 0 Å². The molecule has 0 aliphatic heterocycles. The molecule has 1 unspecified atom stereocenters. The fourth-order valence-corrected chi connectivity index (χ4v) is 3.09. The lowest BCUT2D eigenvalue weighted by molar-refractivity contribution is 0.414. The zero-order valence-corrected chi connectivity index (χ0v) is 12.8. The van der Waals surface area contributed by atoms with Crippen LogP contribution < -0.4 is 10.1 Å². The van der Waals surface area contributed by atoms with Crippen LogP contribution in [0.5, 0.6) is 5.75 Å². The lowest BCUT2D eigenvalue weighted by Gasteiger charge is -2.03. The summed E-state index contributed by atoms with van der Waals surface area (Å²) in [6.45, 7) is 0.750. The number of hydrogen-bond acceptors (Lipinski definition) is 4. The van der Waals surface area contributed by atoms with Gasteiger partial charge in [-0.05, 0) is 49.2 Å². The minimum atomic E-state index is -1.10. The maximum absolute atomic E-state index is 12.3. The summed E-state index contributed by atoms with van der Waals surface area (Å²) in [4.78, 5) is 0.782. The van der Waals surface area contributed by atoms with E-state index in [0.717, 1.165) is 28.7 Å². The molecular weight excluding hydrogens is 286 g/mol. The van der Waals surface area contributed by atoms with Crippen molar-refractivity contribution >= 4 is 10.8 Å². The number of nitrogens with one attached hydrogen (secondary N) is 1. The van der Waals surface area contributed by atoms with Gasteiger partial charge >= 0.3 is 0 Å². The maximum Gasteiger partial charge on any atom is 0.118 e. The first-order valence-corrected chi connectivity index (χ1v) is 8.40. The van der Waals surface area contributed by atoms with Gasteiger partial charge in [0.05, 0.1) is 30.2 Å². The molecule has 1 fully saturated rings. The third kappa shape index (κ3) is 3.95. The van der Waals surface area contributed by atoms with Crippen LogP contribution in [0.2, 0.25) is 0 Å². The largest absolute Gasteiger partial charge is 0.497 e. The summed E-state index contributed by atoms with van der Waals surface area (Å²) in [7, 11) is 0.516. The van der Waals surface area contributed by atoms with Gasteiger partial charge in [0.25, 0.3) is 0 Å². The van der Waals surface area contributed by atoms with Crippen LogP contribution in [0.1, 0.15) is 24.4 Å². The number of methoxy groups -OCH3 is 1. The number of rotatable bonds is 7. The summed E-state index contributed by atoms with van der Waals surface area (Å²) in [6.07, 6.45) is 2.52. The molecule has 5 heteroatoms. The molecule has 1 heterocycles. The lowest BCUT2D eigenvalue weighted by Crippen LogP contribution is -2.14. The average molecular weight is 305 g/mol. The zero-order valence-electron chi connectivity index (χ0n) is 12.0. The Morgan fingerprint density at radius 1 is 1.19 bits per heavy atom. The molecule has 0 amide bonds. The zero-order chi connectivity index (χ0) is 14.7. The highest BCUT2D eigenvalue weighted by molar-refractivity contribution is 7.84. The van der Waals surface area contributed by atoms with Crippen molar-refractivity contribution in [2.75, 3.05) is 7.11 Å². The van der Waals surface area contributed by atoms with E-state index >= 15 is 0 Å². The van der Waals surface area contributed by atoms with Crippen LogP contribution in [-0.2, 0) is 23.1 Å². The van der Waals surface area contributed by atoms with E-state index in [0.29, 0.717) is 11.8 Å². The molecule has 1 saturated carbocycles. The van der Waals surface area contributed by atoms with Crippen molar-refractivity contribution in [3.05, 3.63) is 47.9 Å². The summed E-state index contributed by atoms with van der Waals surface area (Å²) >= 11 is 0. The van der Waals surface area contributed by atoms with Gasteiger partial charge in [-0.2, -0.15) is 0 Å². The van der Waals surface area contributed by atoms with Gasteiger partial charge in [0.1, 0.15) is 17.3 Å². The first-order valence-electron chi connectivity index (χ1n) is 7.08. The molecule has 1 aromatic carbocycles. The van der Waals surface area contributed by atoms with E-state index in [4.69, 9.17) is 9.15 Å². The van der Waals surface area contributed by atoms with E-state index in [1.807, 2.05) is 36.4 Å². The van der Waals surface area contributed by atoms with Crippen molar-refractivity contribution < 1.29 is 13.4 Å². The summed E-state index contributed by atoms with van der Waals surface area (Å²) in [5.41, 5.74) is 0. The average Bonchev–Trinajstić information content (AvgIpc) is 3.25. The number of benzene rings is 1. The fraction of sp³-hybridized carbons (Fsp3) is 0.375. The van der Waals surface area contributed by atoms with Crippen molar-refractivity contribution in [3.63, 3.8) is 0 Å². The smallest absolute Gasteiger partial charge is 0.118 e. The lowest BCUT2D eigenvalue weighted by atomic mass is 10.3. The van der Waals surface area contributed by atoms with Crippen molar-refractivity contribution in [3.8, 4) is 5.75 Å². The van der Waals surface area contributed by atoms with Crippen LogP contribution in [0.25, 0.3) is 0 Å². The first kappa shape index (κ1) is 14.4. The Bertz CT molecular complexity index is 617. The molecule has 21 heavy (non-hydrogen) atoms. The quantitative estimate of drug-likeness (QED) is 0.854. The van der Waals surface area contributed by atoms with Crippen molar-refractivity contribution in [1.29, 1.82) is 0 Å². The van der Waals surface area contributed by atoms with Crippen LogP contribution >= 0.6 is 0 Å². The molecule has 1 atom stereocenters. The Morgan fingerprint density at radius 2 is 1.90 bits per heavy atom. The third-order valence-corrected chi connectivity index (χ3v) is 4.80. The highest BCUT2D eigenvalue weighted by Gasteiger charge is 2.20. The predicted molar refractivity (Wildman–Crippen MR) is 81.7 cm³/mol. The Labute approximate surface area is 127 Å². The van der Waals surface area contributed by atoms with Crippen LogP contribution in [0.3, 0.4) is 0 Å². The Morgan fingerprint density at radius 3 is 2.57 bits per heavy atom. The highest BCUT2D eigenvalue weighted by atomic mass is 32.2. The van der Waals surface area contributed by atoms with E-state index in [9.17, 15) is 4.21 Å². The van der Waals surface area contributed by atoms with Crippen LogP contribution in [-0.4, -0.2) is 17.4 Å². The second-order valence-electron chi connectivity index (χ2n) is 5.19. The normalized spacial score (nSPS) is 15.9. The number of ether oxygens (including phenoxy) is 1. The van der Waals surface area contributed by atoms with E-state index < -0.39 is 10.8 Å². The van der Waals surface area contributed by atoms with Gasteiger partial charge in [0.15, 0.2) is 0 Å². The molecular formula is C16H19NO3S. The van der Waals surface area contributed by atoms with E-state index in [1.165, 1.54) is 12.8 Å². The summed E-state index contributed by atoms with van der Waals surface area (Å²) < 4.78 is 23.1. The third-order valence-electron chi connectivity index (χ3n) is 3.46. The molecule has 0 bridgehead atoms. The predicted octanol–water partition coefficient (Wildman–Crippen LogP) is 2.85. The van der Waals surface area contributed by atoms with Gasteiger partial charge in [-0.25, -0.2) is 0 Å². The van der Waals surface area contributed by atoms with Crippen LogP contribution in [0.15, 0.2) is 45.7 Å². The van der Waals surface area contributed by atoms with E-state index in [2.05, 4.69) is 5.32 Å². The molecule has 112 valence electrons. The summed E-state index contributed by atoms with van der Waals surface area (Å²) in [5.74, 6) is 2.83. The Kier molecular flexibility index (Phi) is 4.41. The second kappa shape index (κ2) is 6.45. The van der Waals surface area contributed by atoms with Gasteiger partial charge in [0, 0.05) is 10.9 Å². The van der Waals surface area contributed by atoms with E-state index in [-0.39, 0.29) is 0 Å². The monoisotopic (exact) mass is 305 g/mol. The minimum absolute atomic E-state index is 0.399. The van der Waals surface area contributed by atoms with Gasteiger partial charge in [0.2, 0.25) is 0 Å². The summed E-state index contributed by atoms with van der Waals surface area (Å²) in [5, 5.41) is 3.40. The molecule has 1 N–H and O–H groups in total. The Balaban J connectivity index is 1.57. The summed E-state index contributed by atoms with van der Waals surface area (Å²) in [6, 6.07) is 11.8. The molecule has 1 aliphatic carbocycles. The van der Waals surface area contributed by atoms with Gasteiger partial charge < -0.3 is 14.5 Å². The molecule has 0 saturated heterocycles. The van der Waals surface area contributed by atoms with Crippen molar-refractivity contribution in [2.45, 2.75) is 36.1 Å². The van der Waals surface area contributed by atoms with Gasteiger partial charge in [-0.3, -0.25) is 4.21 Å². The molecule has 0 radical (unpaired) electrons. The van der Waals surface area contributed by atoms with E-state index in [1.54, 1.807) is 7.11 Å². The fourth-order valence-electron chi connectivity index (χ4n) is 2.07. The number of furan rings is 1. The Hall–Kier alpha value is -1.59. The molecule has 3 rings (SSSR count). The molecule has 4 nitrogen and oxygen atoms in total. The van der Waals surface area contributed by atoms with Gasteiger partial charge in [-0.1, -0.05) is 0 Å². The number of hydrogen-bond donors (Lipinski definition) is 1. The SMILES string of the molecule is COc1ccc(S(=O)Cc2ccc(CNC3CC3)o2)cc1. The first-order chi connectivity index (χ1) is 10.2. The van der Waals surface area contributed by atoms with Crippen molar-refractivity contribution in [2.24, 2.45) is 0 Å². The van der Waals surface area contributed by atoms with Crippen LogP contribution in [0, 0.1) is 0 Å². The molecule has 2 aromatic rings. The highest BCUT2D eigenvalue weighted by Crippen LogP contribution is 2.21. The van der Waals surface area contributed by atoms with Gasteiger partial charge in [-0.15, -0.1) is 0 Å².